The molecule has 1 heterocycles. The smallest absolute Gasteiger partial charge is 0.314 e. The van der Waals surface area contributed by atoms with Crippen molar-refractivity contribution in [3.63, 3.8) is 0 Å². The van der Waals surface area contributed by atoms with Crippen LogP contribution in [0, 0.1) is 10.1 Å². The van der Waals surface area contributed by atoms with E-state index in [1.165, 1.54) is 18.2 Å². The largest absolute Gasteiger partial charge is 0.412 e. The number of nitrogens with zero attached hydrogens (tertiary/aromatic N) is 1. The lowest BCUT2D eigenvalue weighted by molar-refractivity contribution is -0.384. The van der Waals surface area contributed by atoms with E-state index < -0.39 is 16.0 Å². The average molecular weight is 225 g/mol. The van der Waals surface area contributed by atoms with Crippen LogP contribution >= 0.6 is 0 Å². The molecule has 0 bridgehead atoms. The summed E-state index contributed by atoms with van der Waals surface area (Å²) in [5.41, 5.74) is -1.18. The van der Waals surface area contributed by atoms with Crippen molar-refractivity contribution < 1.29 is 10.4 Å². The Morgan fingerprint density at radius 2 is 1.62 bits per heavy atom. The van der Waals surface area contributed by atoms with Crippen molar-refractivity contribution >= 4 is 16.7 Å². The maximum Gasteiger partial charge on any atom is 0.314 e. The van der Waals surface area contributed by atoms with Gasteiger partial charge in [-0.2, -0.15) is 0 Å². The first-order valence-corrected chi connectivity index (χ1v) is 3.99. The molecule has 0 atom stereocenters. The van der Waals surface area contributed by atoms with E-state index in [-0.39, 0.29) is 16.7 Å². The second-order valence-electron chi connectivity index (χ2n) is 2.90. The van der Waals surface area contributed by atoms with Crippen LogP contribution in [0.25, 0.3) is 11.0 Å². The quantitative estimate of drug-likeness (QED) is 0.376. The van der Waals surface area contributed by atoms with E-state index in [1.54, 1.807) is 0 Å². The zero-order chi connectivity index (χ0) is 11.0. The number of H-pyrrole nitrogens is 2. The van der Waals surface area contributed by atoms with E-state index in [4.69, 9.17) is 0 Å². The van der Waals surface area contributed by atoms with Gasteiger partial charge in [-0.25, -0.2) is 0 Å². The number of benzene rings is 1. The van der Waals surface area contributed by atoms with Gasteiger partial charge in [0.05, 0.1) is 16.0 Å². The van der Waals surface area contributed by atoms with Crippen molar-refractivity contribution in [3.05, 3.63) is 49.0 Å². The number of aromatic nitrogens is 2. The summed E-state index contributed by atoms with van der Waals surface area (Å²) >= 11 is 0. The van der Waals surface area contributed by atoms with Crippen molar-refractivity contribution in [2.75, 3.05) is 0 Å². The van der Waals surface area contributed by atoms with Crippen LogP contribution in [0.1, 0.15) is 0 Å². The number of hydrogen-bond acceptors (Lipinski definition) is 4. The van der Waals surface area contributed by atoms with Gasteiger partial charge in [0, 0.05) is 12.1 Å². The highest BCUT2D eigenvalue weighted by Gasteiger charge is 2.07. The van der Waals surface area contributed by atoms with Gasteiger partial charge in [-0.1, -0.05) is 0 Å². The second-order valence-corrected chi connectivity index (χ2v) is 2.90. The Morgan fingerprint density at radius 1 is 1.06 bits per heavy atom. The first-order chi connectivity index (χ1) is 7.08. The fourth-order valence-electron chi connectivity index (χ4n) is 1.22. The number of non-ortho nitro benzene ring substituents is 1. The highest BCUT2D eigenvalue weighted by molar-refractivity contribution is 5.76. The minimum Gasteiger partial charge on any atom is -0.412 e. The summed E-state index contributed by atoms with van der Waals surface area (Å²) in [6.07, 6.45) is 0. The van der Waals surface area contributed by atoms with Crippen LogP contribution in [0.4, 0.5) is 5.69 Å². The third-order valence-electron chi connectivity index (χ3n) is 1.92. The summed E-state index contributed by atoms with van der Waals surface area (Å²) in [4.78, 5) is 36.3. The van der Waals surface area contributed by atoms with Crippen LogP contribution < -0.4 is 11.1 Å². The molecule has 0 radical (unpaired) electrons. The number of hydrogen-bond donors (Lipinski definition) is 2. The maximum absolute atomic E-state index is 10.9. The second kappa shape index (κ2) is 3.95. The van der Waals surface area contributed by atoms with E-state index in [2.05, 4.69) is 9.97 Å². The van der Waals surface area contributed by atoms with Crippen LogP contribution in [0.2, 0.25) is 0 Å². The van der Waals surface area contributed by atoms with Crippen LogP contribution in [0.5, 0.6) is 0 Å². The molecule has 0 spiro atoms. The van der Waals surface area contributed by atoms with Crippen molar-refractivity contribution in [1.29, 1.82) is 0 Å². The van der Waals surface area contributed by atoms with Gasteiger partial charge in [-0.15, -0.1) is 0 Å². The van der Waals surface area contributed by atoms with Crippen LogP contribution in [0.15, 0.2) is 27.8 Å². The van der Waals surface area contributed by atoms with Crippen molar-refractivity contribution in [1.82, 2.24) is 9.97 Å². The molecule has 0 aliphatic rings. The van der Waals surface area contributed by atoms with Gasteiger partial charge in [-0.3, -0.25) is 19.7 Å². The maximum atomic E-state index is 10.9. The molecule has 4 N–H and O–H groups in total. The van der Waals surface area contributed by atoms with Gasteiger partial charge in [0.2, 0.25) is 0 Å². The Bertz CT molecular complexity index is 657. The summed E-state index contributed by atoms with van der Waals surface area (Å²) in [7, 11) is 0. The Hall–Kier alpha value is -2.48. The number of rotatable bonds is 1. The predicted molar refractivity (Wildman–Crippen MR) is 55.5 cm³/mol. The van der Waals surface area contributed by atoms with Crippen LogP contribution in [-0.2, 0) is 0 Å². The lowest BCUT2D eigenvalue weighted by atomic mass is 10.2. The highest BCUT2D eigenvalue weighted by Crippen LogP contribution is 2.15. The first-order valence-electron chi connectivity index (χ1n) is 3.99. The minimum absolute atomic E-state index is 0. The van der Waals surface area contributed by atoms with E-state index in [0.717, 1.165) is 0 Å². The highest BCUT2D eigenvalue weighted by atomic mass is 16.6. The summed E-state index contributed by atoms with van der Waals surface area (Å²) in [6.45, 7) is 0. The number of nitro groups is 1. The predicted octanol–water partition coefficient (Wildman–Crippen LogP) is -0.700. The third-order valence-corrected chi connectivity index (χ3v) is 1.92. The molecule has 84 valence electrons. The lowest BCUT2D eigenvalue weighted by Crippen LogP contribution is -2.28. The first kappa shape index (κ1) is 11.6. The molecular weight excluding hydrogens is 218 g/mol. The summed E-state index contributed by atoms with van der Waals surface area (Å²) < 4.78 is 0. The molecule has 8 nitrogen and oxygen atoms in total. The molecule has 0 aliphatic heterocycles. The molecular formula is C8H7N3O5. The zero-order valence-electron chi connectivity index (χ0n) is 7.81. The number of aromatic amines is 2. The lowest BCUT2D eigenvalue weighted by Gasteiger charge is -1.96. The fourth-order valence-corrected chi connectivity index (χ4v) is 1.22. The Morgan fingerprint density at radius 3 is 2.19 bits per heavy atom. The summed E-state index contributed by atoms with van der Waals surface area (Å²) in [5, 5.41) is 10.4. The van der Waals surface area contributed by atoms with Crippen molar-refractivity contribution in [3.8, 4) is 0 Å². The molecule has 0 unspecified atom stereocenters. The van der Waals surface area contributed by atoms with E-state index in [9.17, 15) is 19.7 Å². The van der Waals surface area contributed by atoms with Crippen LogP contribution in [-0.4, -0.2) is 20.4 Å². The van der Waals surface area contributed by atoms with Gasteiger partial charge < -0.3 is 15.4 Å². The fraction of sp³-hybridized carbons (Fsp3) is 0. The van der Waals surface area contributed by atoms with Gasteiger partial charge in [-0.05, 0) is 6.07 Å². The minimum atomic E-state index is -0.831. The number of nitrogens with one attached hydrogen (secondary N) is 2. The van der Waals surface area contributed by atoms with Gasteiger partial charge in [0.1, 0.15) is 0 Å². The van der Waals surface area contributed by atoms with E-state index in [0.29, 0.717) is 5.52 Å². The van der Waals surface area contributed by atoms with Gasteiger partial charge in [0.25, 0.3) is 5.69 Å². The average Bonchev–Trinajstić information content (AvgIpc) is 2.19. The molecule has 0 aliphatic carbocycles. The zero-order valence-corrected chi connectivity index (χ0v) is 7.81. The standard InChI is InChI=1S/C8H5N3O4.H2O/c12-7-8(13)10-6-3-4(11(14)15)1-2-5(6)9-7;/h1-3H,(H,9,12)(H,10,13);1H2. The number of fused-ring (bicyclic) bond motifs is 1. The third kappa shape index (κ3) is 1.81. The van der Waals surface area contributed by atoms with Gasteiger partial charge >= 0.3 is 11.1 Å². The molecule has 0 saturated carbocycles. The summed E-state index contributed by atoms with van der Waals surface area (Å²) in [5.74, 6) is 0. The molecule has 2 aromatic rings. The van der Waals surface area contributed by atoms with Crippen molar-refractivity contribution in [2.45, 2.75) is 0 Å². The van der Waals surface area contributed by atoms with Crippen LogP contribution in [0.3, 0.4) is 0 Å². The number of nitro benzene ring substituents is 1. The normalized spacial score (nSPS) is 9.75. The topological polar surface area (TPSA) is 140 Å². The van der Waals surface area contributed by atoms with Crippen molar-refractivity contribution in [2.24, 2.45) is 0 Å². The molecule has 0 fully saturated rings. The molecule has 8 heteroatoms. The Balaban J connectivity index is 0.00000128. The SMILES string of the molecule is O.O=c1[nH]c2ccc([N+](=O)[O-])cc2[nH]c1=O. The van der Waals surface area contributed by atoms with E-state index >= 15 is 0 Å². The molecule has 16 heavy (non-hydrogen) atoms. The van der Waals surface area contributed by atoms with E-state index in [1.807, 2.05) is 0 Å². The molecule has 0 amide bonds. The molecule has 1 aromatic heterocycles. The van der Waals surface area contributed by atoms with Gasteiger partial charge in [0.15, 0.2) is 0 Å². The molecule has 2 rings (SSSR count). The Labute approximate surface area is 87.0 Å². The molecule has 1 aromatic carbocycles. The monoisotopic (exact) mass is 225 g/mol. The Kier molecular flexibility index (Phi) is 2.86. The molecule has 0 saturated heterocycles. The summed E-state index contributed by atoms with van der Waals surface area (Å²) in [6, 6.07) is 3.80.